The van der Waals surface area contributed by atoms with Gasteiger partial charge < -0.3 is 14.2 Å². The second kappa shape index (κ2) is 61.9. The Kier molecular flexibility index (Phi) is 58.8. The molecule has 0 aromatic heterocycles. The van der Waals surface area contributed by atoms with Crippen molar-refractivity contribution in [3.05, 3.63) is 97.2 Å². The van der Waals surface area contributed by atoms with Gasteiger partial charge in [-0.1, -0.05) is 279 Å². The van der Waals surface area contributed by atoms with Gasteiger partial charge >= 0.3 is 17.9 Å². The standard InChI is InChI=1S/C68H116O6/c1-4-7-10-13-16-19-22-25-28-29-30-31-32-33-34-35-36-37-38-39-41-43-46-49-52-55-58-61-67(70)73-64-65(63-72-66(69)60-57-54-51-48-45-42-27-24-21-18-15-12-9-6-3)74-68(71)62-59-56-53-50-47-44-40-26-23-20-17-14-11-8-5-2/h7-8,10-11,16-17,19-20,25-26,28,30-31,33-34,40,65H,4-6,9,12-15,18,21-24,27,29,32,35-39,41-64H2,1-3H3/b10-7-,11-8-,19-16-,20-17-,28-25-,31-30-,34-33-,40-26-. The first-order chi connectivity index (χ1) is 36.5. The molecule has 0 bridgehead atoms. The highest BCUT2D eigenvalue weighted by atomic mass is 16.6. The number of rotatable bonds is 56. The molecule has 0 heterocycles. The Morgan fingerprint density at radius 1 is 0.284 bits per heavy atom. The molecule has 0 aliphatic rings. The summed E-state index contributed by atoms with van der Waals surface area (Å²) >= 11 is 0. The Balaban J connectivity index is 4.30. The first-order valence-corrected chi connectivity index (χ1v) is 31.2. The molecule has 74 heavy (non-hydrogen) atoms. The minimum absolute atomic E-state index is 0.0826. The smallest absolute Gasteiger partial charge is 0.306 e. The molecule has 0 saturated carbocycles. The van der Waals surface area contributed by atoms with Crippen molar-refractivity contribution in [2.45, 2.75) is 303 Å². The predicted molar refractivity (Wildman–Crippen MR) is 320 cm³/mol. The number of unbranched alkanes of at least 4 members (excludes halogenated alkanes) is 29. The molecule has 0 rings (SSSR count). The zero-order chi connectivity index (χ0) is 53.6. The SMILES string of the molecule is CC/C=C\C/C=C\C/C=C\C/C=C\C/C=C\CCCCCCCCCCCCCC(=O)OCC(COC(=O)CCCCCCCCCCCCCCCC)OC(=O)CCCCCCC/C=C\C/C=C\C/C=C\CC. The summed E-state index contributed by atoms with van der Waals surface area (Å²) in [5, 5.41) is 0. The van der Waals surface area contributed by atoms with Crippen LogP contribution in [0.3, 0.4) is 0 Å². The fraction of sp³-hybridized carbons (Fsp3) is 0.721. The van der Waals surface area contributed by atoms with Gasteiger partial charge in [-0.25, -0.2) is 0 Å². The second-order valence-electron chi connectivity index (χ2n) is 20.6. The van der Waals surface area contributed by atoms with Gasteiger partial charge in [0.1, 0.15) is 13.2 Å². The lowest BCUT2D eigenvalue weighted by Gasteiger charge is -2.18. The molecule has 0 N–H and O–H groups in total. The number of hydrogen-bond acceptors (Lipinski definition) is 6. The number of carbonyl (C=O) groups is 3. The van der Waals surface area contributed by atoms with Crippen LogP contribution < -0.4 is 0 Å². The van der Waals surface area contributed by atoms with Crippen LogP contribution in [0.5, 0.6) is 0 Å². The van der Waals surface area contributed by atoms with Gasteiger partial charge in [0.15, 0.2) is 6.10 Å². The molecular formula is C68H116O6. The van der Waals surface area contributed by atoms with Crippen molar-refractivity contribution in [3.8, 4) is 0 Å². The zero-order valence-corrected chi connectivity index (χ0v) is 48.6. The molecule has 1 unspecified atom stereocenters. The monoisotopic (exact) mass is 1030 g/mol. The minimum Gasteiger partial charge on any atom is -0.462 e. The molecular weight excluding hydrogens is 913 g/mol. The third kappa shape index (κ3) is 59.2. The van der Waals surface area contributed by atoms with Crippen LogP contribution >= 0.6 is 0 Å². The summed E-state index contributed by atoms with van der Waals surface area (Å²) in [5.41, 5.74) is 0. The van der Waals surface area contributed by atoms with Gasteiger partial charge in [-0.15, -0.1) is 0 Å². The van der Waals surface area contributed by atoms with E-state index >= 15 is 0 Å². The van der Waals surface area contributed by atoms with E-state index in [-0.39, 0.29) is 31.1 Å². The predicted octanol–water partition coefficient (Wildman–Crippen LogP) is 21.3. The van der Waals surface area contributed by atoms with Crippen molar-refractivity contribution in [2.75, 3.05) is 13.2 Å². The summed E-state index contributed by atoms with van der Waals surface area (Å²) in [6.45, 7) is 6.42. The van der Waals surface area contributed by atoms with E-state index in [9.17, 15) is 14.4 Å². The van der Waals surface area contributed by atoms with Crippen molar-refractivity contribution in [3.63, 3.8) is 0 Å². The van der Waals surface area contributed by atoms with Crippen LogP contribution in [0, 0.1) is 0 Å². The van der Waals surface area contributed by atoms with Crippen molar-refractivity contribution in [2.24, 2.45) is 0 Å². The van der Waals surface area contributed by atoms with Crippen LogP contribution in [-0.4, -0.2) is 37.2 Å². The summed E-state index contributed by atoms with van der Waals surface area (Å²) in [7, 11) is 0. The molecule has 6 heteroatoms. The van der Waals surface area contributed by atoms with E-state index < -0.39 is 6.10 Å². The maximum atomic E-state index is 12.9. The van der Waals surface area contributed by atoms with Gasteiger partial charge in [-0.05, 0) is 96.3 Å². The van der Waals surface area contributed by atoms with E-state index in [0.29, 0.717) is 19.3 Å². The lowest BCUT2D eigenvalue weighted by molar-refractivity contribution is -0.167. The maximum absolute atomic E-state index is 12.9. The van der Waals surface area contributed by atoms with Crippen LogP contribution in [0.1, 0.15) is 297 Å². The number of ether oxygens (including phenoxy) is 3. The van der Waals surface area contributed by atoms with Gasteiger partial charge in [0.05, 0.1) is 0 Å². The third-order valence-electron chi connectivity index (χ3n) is 13.3. The Hall–Kier alpha value is -3.67. The van der Waals surface area contributed by atoms with E-state index in [1.165, 1.54) is 128 Å². The Labute approximate surface area is 457 Å². The van der Waals surface area contributed by atoms with Crippen LogP contribution in [0.4, 0.5) is 0 Å². The Bertz CT molecular complexity index is 1460. The average molecular weight is 1030 g/mol. The highest BCUT2D eigenvalue weighted by Crippen LogP contribution is 2.16. The first kappa shape index (κ1) is 70.3. The van der Waals surface area contributed by atoms with E-state index in [1.54, 1.807) is 0 Å². The van der Waals surface area contributed by atoms with Crippen molar-refractivity contribution in [1.29, 1.82) is 0 Å². The average Bonchev–Trinajstić information content (AvgIpc) is 3.40. The highest BCUT2D eigenvalue weighted by molar-refractivity contribution is 5.71. The molecule has 424 valence electrons. The molecule has 1 atom stereocenters. The van der Waals surface area contributed by atoms with Gasteiger partial charge in [-0.2, -0.15) is 0 Å². The van der Waals surface area contributed by atoms with Crippen LogP contribution in [-0.2, 0) is 28.6 Å². The Morgan fingerprint density at radius 2 is 0.527 bits per heavy atom. The molecule has 0 aromatic carbocycles. The summed E-state index contributed by atoms with van der Waals surface area (Å²) in [5.74, 6) is -0.893. The fourth-order valence-corrected chi connectivity index (χ4v) is 8.72. The van der Waals surface area contributed by atoms with Crippen molar-refractivity contribution < 1.29 is 28.6 Å². The number of esters is 3. The maximum Gasteiger partial charge on any atom is 0.306 e. The molecule has 6 nitrogen and oxygen atoms in total. The molecule has 0 amide bonds. The minimum atomic E-state index is -0.787. The van der Waals surface area contributed by atoms with Crippen molar-refractivity contribution in [1.82, 2.24) is 0 Å². The summed E-state index contributed by atoms with van der Waals surface area (Å²) in [4.78, 5) is 38.3. The normalized spacial score (nSPS) is 12.7. The number of allylic oxidation sites excluding steroid dienone is 16. The zero-order valence-electron chi connectivity index (χ0n) is 48.6. The summed E-state index contributed by atoms with van der Waals surface area (Å²) < 4.78 is 16.9. The van der Waals surface area contributed by atoms with Gasteiger partial charge in [0.25, 0.3) is 0 Å². The second-order valence-corrected chi connectivity index (χ2v) is 20.6. The third-order valence-corrected chi connectivity index (χ3v) is 13.3. The molecule has 0 aromatic rings. The summed E-state index contributed by atoms with van der Waals surface area (Å²) in [6.07, 6.45) is 82.7. The quantitative estimate of drug-likeness (QED) is 0.0261. The molecule has 0 aliphatic heterocycles. The molecule has 0 saturated heterocycles. The molecule has 0 radical (unpaired) electrons. The fourth-order valence-electron chi connectivity index (χ4n) is 8.72. The first-order valence-electron chi connectivity index (χ1n) is 31.2. The van der Waals surface area contributed by atoms with E-state index in [4.69, 9.17) is 14.2 Å². The largest absolute Gasteiger partial charge is 0.462 e. The molecule has 0 spiro atoms. The lowest BCUT2D eigenvalue weighted by atomic mass is 10.0. The van der Waals surface area contributed by atoms with E-state index in [2.05, 4.69) is 118 Å². The Morgan fingerprint density at radius 3 is 0.824 bits per heavy atom. The van der Waals surface area contributed by atoms with Crippen molar-refractivity contribution >= 4 is 17.9 Å². The van der Waals surface area contributed by atoms with Crippen LogP contribution in [0.2, 0.25) is 0 Å². The van der Waals surface area contributed by atoms with E-state index in [0.717, 1.165) is 128 Å². The highest BCUT2D eigenvalue weighted by Gasteiger charge is 2.19. The molecule has 0 fully saturated rings. The van der Waals surface area contributed by atoms with E-state index in [1.807, 2.05) is 0 Å². The van der Waals surface area contributed by atoms with Crippen LogP contribution in [0.15, 0.2) is 97.2 Å². The van der Waals surface area contributed by atoms with Gasteiger partial charge in [0.2, 0.25) is 0 Å². The molecule has 0 aliphatic carbocycles. The van der Waals surface area contributed by atoms with Gasteiger partial charge in [0, 0.05) is 19.3 Å². The topological polar surface area (TPSA) is 78.9 Å². The van der Waals surface area contributed by atoms with Gasteiger partial charge in [-0.3, -0.25) is 14.4 Å². The number of carbonyl (C=O) groups excluding carboxylic acids is 3. The van der Waals surface area contributed by atoms with Crippen LogP contribution in [0.25, 0.3) is 0 Å². The lowest BCUT2D eigenvalue weighted by Crippen LogP contribution is -2.30. The summed E-state index contributed by atoms with van der Waals surface area (Å²) in [6, 6.07) is 0. The number of hydrogen-bond donors (Lipinski definition) is 0.